The molecule has 0 aliphatic rings. The van der Waals surface area contributed by atoms with Crippen LogP contribution in [0.4, 0.5) is 0 Å². The highest BCUT2D eigenvalue weighted by Gasteiger charge is 2.05. The molecule has 0 N–H and O–H groups in total. The molecule has 1 aromatic carbocycles. The molecule has 3 nitrogen and oxygen atoms in total. The molecule has 0 saturated heterocycles. The molecule has 0 amide bonds. The quantitative estimate of drug-likeness (QED) is 0.730. The van der Waals surface area contributed by atoms with Crippen molar-refractivity contribution in [3.05, 3.63) is 46.7 Å². The molecule has 0 atom stereocenters. The molecule has 0 unspecified atom stereocenters. The lowest BCUT2D eigenvalue weighted by Gasteiger charge is -2.03. The van der Waals surface area contributed by atoms with E-state index in [1.807, 2.05) is 19.1 Å². The number of benzene rings is 1. The van der Waals surface area contributed by atoms with Gasteiger partial charge in [0.25, 0.3) is 0 Å². The minimum Gasteiger partial charge on any atom is -0.296 e. The standard InChI is InChI=1S/C11H9ClN2O/c1-8-5-10(7-15)13-14(8)11-4-2-3-9(12)6-11/h2-7H,1H3. The van der Waals surface area contributed by atoms with Crippen molar-refractivity contribution in [3.63, 3.8) is 0 Å². The Morgan fingerprint density at radius 1 is 1.40 bits per heavy atom. The van der Waals surface area contributed by atoms with Crippen molar-refractivity contribution in [3.8, 4) is 5.69 Å². The first-order valence-corrected chi connectivity index (χ1v) is 4.86. The maximum Gasteiger partial charge on any atom is 0.170 e. The van der Waals surface area contributed by atoms with E-state index in [-0.39, 0.29) is 0 Å². The normalized spacial score (nSPS) is 10.3. The largest absolute Gasteiger partial charge is 0.296 e. The molecule has 0 bridgehead atoms. The van der Waals surface area contributed by atoms with Crippen LogP contribution in [0.1, 0.15) is 16.2 Å². The van der Waals surface area contributed by atoms with Gasteiger partial charge in [-0.05, 0) is 31.2 Å². The average Bonchev–Trinajstić information content (AvgIpc) is 2.60. The molecular formula is C11H9ClN2O. The van der Waals surface area contributed by atoms with E-state index in [0.717, 1.165) is 17.7 Å². The van der Waals surface area contributed by atoms with Crippen molar-refractivity contribution in [1.82, 2.24) is 9.78 Å². The number of nitrogens with zero attached hydrogens (tertiary/aromatic N) is 2. The number of aryl methyl sites for hydroxylation is 1. The molecule has 1 heterocycles. The van der Waals surface area contributed by atoms with Gasteiger partial charge in [-0.1, -0.05) is 17.7 Å². The molecule has 0 saturated carbocycles. The zero-order valence-corrected chi connectivity index (χ0v) is 8.90. The third-order valence-corrected chi connectivity index (χ3v) is 2.31. The molecule has 0 radical (unpaired) electrons. The van der Waals surface area contributed by atoms with Gasteiger partial charge in [0.1, 0.15) is 5.69 Å². The Hall–Kier alpha value is -1.61. The van der Waals surface area contributed by atoms with Crippen LogP contribution in [0.15, 0.2) is 30.3 Å². The number of rotatable bonds is 2. The van der Waals surface area contributed by atoms with E-state index in [1.165, 1.54) is 0 Å². The van der Waals surface area contributed by atoms with E-state index in [0.29, 0.717) is 10.7 Å². The highest BCUT2D eigenvalue weighted by molar-refractivity contribution is 6.30. The Labute approximate surface area is 92.3 Å². The Kier molecular flexibility index (Phi) is 2.56. The second-order valence-corrected chi connectivity index (χ2v) is 3.66. The predicted molar refractivity (Wildman–Crippen MR) is 58.7 cm³/mol. The van der Waals surface area contributed by atoms with Crippen LogP contribution in [0, 0.1) is 6.92 Å². The molecule has 4 heteroatoms. The van der Waals surface area contributed by atoms with Gasteiger partial charge in [-0.2, -0.15) is 5.10 Å². The zero-order valence-electron chi connectivity index (χ0n) is 8.14. The van der Waals surface area contributed by atoms with E-state index in [1.54, 1.807) is 22.9 Å². The lowest BCUT2D eigenvalue weighted by atomic mass is 10.3. The van der Waals surface area contributed by atoms with Gasteiger partial charge in [0.05, 0.1) is 5.69 Å². The van der Waals surface area contributed by atoms with Gasteiger partial charge < -0.3 is 0 Å². The first-order valence-electron chi connectivity index (χ1n) is 4.48. The first-order chi connectivity index (χ1) is 7.20. The molecule has 76 valence electrons. The molecule has 0 spiro atoms. The molecule has 1 aromatic heterocycles. The summed E-state index contributed by atoms with van der Waals surface area (Å²) >= 11 is 5.88. The lowest BCUT2D eigenvalue weighted by Crippen LogP contribution is -1.98. The molecule has 0 aliphatic carbocycles. The maximum atomic E-state index is 10.6. The summed E-state index contributed by atoms with van der Waals surface area (Å²) in [6, 6.07) is 9.06. The van der Waals surface area contributed by atoms with Crippen molar-refractivity contribution in [2.24, 2.45) is 0 Å². The topological polar surface area (TPSA) is 34.9 Å². The Morgan fingerprint density at radius 3 is 2.80 bits per heavy atom. The van der Waals surface area contributed by atoms with Gasteiger partial charge in [0.15, 0.2) is 6.29 Å². The number of aldehydes is 1. The van der Waals surface area contributed by atoms with E-state index in [4.69, 9.17) is 11.6 Å². The summed E-state index contributed by atoms with van der Waals surface area (Å²) in [5.41, 5.74) is 2.18. The number of hydrogen-bond donors (Lipinski definition) is 0. The van der Waals surface area contributed by atoms with Crippen LogP contribution in [0.25, 0.3) is 5.69 Å². The van der Waals surface area contributed by atoms with Crippen LogP contribution in [0.2, 0.25) is 5.02 Å². The van der Waals surface area contributed by atoms with E-state index in [9.17, 15) is 4.79 Å². The van der Waals surface area contributed by atoms with Gasteiger partial charge in [-0.25, -0.2) is 4.68 Å². The minimum atomic E-state index is 0.424. The van der Waals surface area contributed by atoms with Crippen molar-refractivity contribution in [2.75, 3.05) is 0 Å². The summed E-state index contributed by atoms with van der Waals surface area (Å²) in [5, 5.41) is 4.78. The zero-order chi connectivity index (χ0) is 10.8. The highest BCUT2D eigenvalue weighted by atomic mass is 35.5. The number of aromatic nitrogens is 2. The molecule has 2 rings (SSSR count). The van der Waals surface area contributed by atoms with Gasteiger partial charge >= 0.3 is 0 Å². The fraction of sp³-hybridized carbons (Fsp3) is 0.0909. The van der Waals surface area contributed by atoms with Gasteiger partial charge in [-0.15, -0.1) is 0 Å². The third kappa shape index (κ3) is 1.92. The Morgan fingerprint density at radius 2 is 2.20 bits per heavy atom. The smallest absolute Gasteiger partial charge is 0.170 e. The van der Waals surface area contributed by atoms with E-state index in [2.05, 4.69) is 5.10 Å². The van der Waals surface area contributed by atoms with Crippen molar-refractivity contribution in [2.45, 2.75) is 6.92 Å². The Balaban J connectivity index is 2.53. The summed E-state index contributed by atoms with van der Waals surface area (Å²) in [7, 11) is 0. The third-order valence-electron chi connectivity index (χ3n) is 2.08. The average molecular weight is 221 g/mol. The maximum absolute atomic E-state index is 10.6. The summed E-state index contributed by atoms with van der Waals surface area (Å²) in [4.78, 5) is 10.6. The highest BCUT2D eigenvalue weighted by Crippen LogP contribution is 2.16. The fourth-order valence-electron chi connectivity index (χ4n) is 1.43. The SMILES string of the molecule is Cc1cc(C=O)nn1-c1cccc(Cl)c1. The second-order valence-electron chi connectivity index (χ2n) is 3.22. The number of carbonyl (C=O) groups excluding carboxylic acids is 1. The van der Waals surface area contributed by atoms with Gasteiger partial charge in [-0.3, -0.25) is 4.79 Å². The lowest BCUT2D eigenvalue weighted by molar-refractivity contribution is 0.111. The fourth-order valence-corrected chi connectivity index (χ4v) is 1.61. The molecule has 0 aliphatic heterocycles. The predicted octanol–water partition coefficient (Wildman–Crippen LogP) is 2.65. The van der Waals surface area contributed by atoms with Crippen molar-refractivity contribution >= 4 is 17.9 Å². The second kappa shape index (κ2) is 3.87. The van der Waals surface area contributed by atoms with Crippen LogP contribution >= 0.6 is 11.6 Å². The van der Waals surface area contributed by atoms with Crippen LogP contribution < -0.4 is 0 Å². The number of hydrogen-bond acceptors (Lipinski definition) is 2. The minimum absolute atomic E-state index is 0.424. The van der Waals surface area contributed by atoms with Gasteiger partial charge in [0, 0.05) is 10.7 Å². The van der Waals surface area contributed by atoms with Crippen LogP contribution in [0.5, 0.6) is 0 Å². The monoisotopic (exact) mass is 220 g/mol. The molecule has 0 fully saturated rings. The summed E-state index contributed by atoms with van der Waals surface area (Å²) < 4.78 is 1.69. The Bertz CT molecular complexity index is 505. The summed E-state index contributed by atoms with van der Waals surface area (Å²) in [6.07, 6.45) is 0.730. The molecular weight excluding hydrogens is 212 g/mol. The van der Waals surface area contributed by atoms with E-state index >= 15 is 0 Å². The van der Waals surface area contributed by atoms with Crippen LogP contribution in [0.3, 0.4) is 0 Å². The van der Waals surface area contributed by atoms with Gasteiger partial charge in [0.2, 0.25) is 0 Å². The number of halogens is 1. The van der Waals surface area contributed by atoms with Crippen molar-refractivity contribution in [1.29, 1.82) is 0 Å². The molecule has 15 heavy (non-hydrogen) atoms. The van der Waals surface area contributed by atoms with Crippen LogP contribution in [-0.2, 0) is 0 Å². The summed E-state index contributed by atoms with van der Waals surface area (Å²) in [5.74, 6) is 0. The summed E-state index contributed by atoms with van der Waals surface area (Å²) in [6.45, 7) is 1.89. The van der Waals surface area contributed by atoms with Crippen LogP contribution in [-0.4, -0.2) is 16.1 Å². The van der Waals surface area contributed by atoms with Crippen molar-refractivity contribution < 1.29 is 4.79 Å². The molecule has 2 aromatic rings. The first kappa shape index (κ1) is 9.93. The number of carbonyl (C=O) groups is 1. The van der Waals surface area contributed by atoms with E-state index < -0.39 is 0 Å².